The third kappa shape index (κ3) is 24.9. The van der Waals surface area contributed by atoms with E-state index in [1.54, 1.807) is 0 Å². The second kappa shape index (κ2) is 41.7. The van der Waals surface area contributed by atoms with Gasteiger partial charge in [-0.2, -0.15) is 0 Å². The van der Waals surface area contributed by atoms with Crippen LogP contribution in [0.3, 0.4) is 0 Å². The standard InChI is InChI=1S/C75H120N6/c1-5-8-11-14-17-20-23-26-29-32-35-38-41-44-47-50-63-66-53-55-68(77-66)64(51-48-45-42-39-36-33-30-27-24-21-18-15-12-9-6-2)70-57-59-72(79-70)75(74-61-76-62-81(74)4)73-60-58-71(80-73)65(69-56-54-67(63)78-69)52-49-46-43-40-37-34-31-28-25-22-19-16-13-10-7-3/h53-62,77,79H,5-52H2,1-4H3. The second-order valence-electron chi connectivity index (χ2n) is 25.3. The number of aryl methyl sites for hydroxylation is 3. The molecule has 0 saturated carbocycles. The Hall–Kier alpha value is -4.19. The summed E-state index contributed by atoms with van der Waals surface area (Å²) in [6.07, 6.45) is 78.1. The number of aromatic amines is 2. The number of unbranched alkanes of at least 4 members (excludes halogenated alkanes) is 42. The van der Waals surface area contributed by atoms with Crippen LogP contribution in [0.15, 0.2) is 36.8 Å². The van der Waals surface area contributed by atoms with Gasteiger partial charge in [-0.3, -0.25) is 0 Å². The van der Waals surface area contributed by atoms with Gasteiger partial charge in [-0.1, -0.05) is 290 Å². The van der Waals surface area contributed by atoms with Gasteiger partial charge in [0.2, 0.25) is 0 Å². The van der Waals surface area contributed by atoms with E-state index >= 15 is 0 Å². The maximum absolute atomic E-state index is 5.61. The van der Waals surface area contributed by atoms with Crippen molar-refractivity contribution in [2.24, 2.45) is 7.05 Å². The SMILES string of the molecule is CCCCCCCCCCCCCCCCCc1c2nc(c(CCCCCCCCCCCCCCCCC)c3ccc([nH]3)c(CCCCCCCCCCCCCCCCC)c3ccc([nH]3)c(-c3cncn3C)c3nc1C=C3)C=C2. The quantitative estimate of drug-likeness (QED) is 0.0374. The van der Waals surface area contributed by atoms with E-state index in [9.17, 15) is 0 Å². The molecule has 81 heavy (non-hydrogen) atoms. The molecule has 0 unspecified atom stereocenters. The number of rotatable bonds is 49. The Bertz CT molecular complexity index is 2490. The maximum Gasteiger partial charge on any atom is 0.0948 e. The fraction of sp³-hybridized carbons (Fsp3) is 0.693. The lowest BCUT2D eigenvalue weighted by molar-refractivity contribution is 0.532. The van der Waals surface area contributed by atoms with Crippen LogP contribution >= 0.6 is 0 Å². The van der Waals surface area contributed by atoms with Gasteiger partial charge in [0.05, 0.1) is 46.5 Å². The number of hydrogen-bond donors (Lipinski definition) is 2. The normalized spacial score (nSPS) is 12.2. The molecule has 0 aliphatic carbocycles. The summed E-state index contributed by atoms with van der Waals surface area (Å²) in [6.45, 7) is 6.94. The minimum Gasteiger partial charge on any atom is -0.355 e. The van der Waals surface area contributed by atoms with Crippen LogP contribution in [-0.4, -0.2) is 29.5 Å². The van der Waals surface area contributed by atoms with Gasteiger partial charge in [0.1, 0.15) is 0 Å². The summed E-state index contributed by atoms with van der Waals surface area (Å²) in [7, 11) is 2.10. The molecule has 0 fully saturated rings. The van der Waals surface area contributed by atoms with Crippen molar-refractivity contribution in [2.45, 2.75) is 329 Å². The molecule has 2 N–H and O–H groups in total. The summed E-state index contributed by atoms with van der Waals surface area (Å²) in [4.78, 5) is 23.9. The summed E-state index contributed by atoms with van der Waals surface area (Å²) in [5.41, 5.74) is 15.2. The van der Waals surface area contributed by atoms with Crippen LogP contribution in [0.4, 0.5) is 0 Å². The number of aromatic nitrogens is 6. The average Bonchev–Trinajstić information content (AvgIpc) is 4.57. The van der Waals surface area contributed by atoms with Crippen molar-refractivity contribution >= 4 is 46.4 Å². The zero-order valence-corrected chi connectivity index (χ0v) is 53.0. The Balaban J connectivity index is 1.17. The molecule has 8 bridgehead atoms. The average molecular weight is 1110 g/mol. The number of fused-ring (bicyclic) bond motifs is 8. The van der Waals surface area contributed by atoms with Crippen LogP contribution in [0.2, 0.25) is 0 Å². The van der Waals surface area contributed by atoms with Crippen LogP contribution in [0, 0.1) is 0 Å². The molecule has 6 heteroatoms. The van der Waals surface area contributed by atoms with Gasteiger partial charge in [0.15, 0.2) is 0 Å². The van der Waals surface area contributed by atoms with Crippen molar-refractivity contribution in [1.82, 2.24) is 29.5 Å². The van der Waals surface area contributed by atoms with Crippen molar-refractivity contribution in [1.29, 1.82) is 0 Å². The van der Waals surface area contributed by atoms with Crippen LogP contribution < -0.4 is 0 Å². The minimum atomic E-state index is 0.984. The van der Waals surface area contributed by atoms with Gasteiger partial charge in [0.25, 0.3) is 0 Å². The summed E-state index contributed by atoms with van der Waals surface area (Å²) < 4.78 is 2.14. The maximum atomic E-state index is 5.61. The van der Waals surface area contributed by atoms with Crippen LogP contribution in [0.5, 0.6) is 0 Å². The molecule has 0 atom stereocenters. The predicted molar refractivity (Wildman–Crippen MR) is 357 cm³/mol. The number of imidazole rings is 1. The Morgan fingerprint density at radius 3 is 0.938 bits per heavy atom. The fourth-order valence-electron chi connectivity index (χ4n) is 13.1. The second-order valence-corrected chi connectivity index (χ2v) is 25.3. The molecule has 6 heterocycles. The van der Waals surface area contributed by atoms with Crippen molar-refractivity contribution in [3.8, 4) is 11.3 Å². The molecule has 450 valence electrons. The summed E-state index contributed by atoms with van der Waals surface area (Å²) in [5, 5.41) is 0. The molecule has 6 rings (SSSR count). The number of nitrogens with zero attached hydrogens (tertiary/aromatic N) is 4. The summed E-state index contributed by atoms with van der Waals surface area (Å²) in [5.74, 6) is 0. The Morgan fingerprint density at radius 1 is 0.309 bits per heavy atom. The lowest BCUT2D eigenvalue weighted by Crippen LogP contribution is -1.97. The highest BCUT2D eigenvalue weighted by atomic mass is 15.0. The molecule has 0 amide bonds. The number of H-pyrrole nitrogens is 2. The van der Waals surface area contributed by atoms with E-state index in [-0.39, 0.29) is 0 Å². The van der Waals surface area contributed by atoms with Crippen LogP contribution in [0.25, 0.3) is 57.6 Å². The summed E-state index contributed by atoms with van der Waals surface area (Å²) >= 11 is 0. The Morgan fingerprint density at radius 2 is 0.580 bits per heavy atom. The molecule has 0 radical (unpaired) electrons. The third-order valence-electron chi connectivity index (χ3n) is 18.2. The first kappa shape index (κ1) is 66.0. The molecule has 6 nitrogen and oxygen atoms in total. The zero-order valence-electron chi connectivity index (χ0n) is 53.0. The molecule has 0 aromatic carbocycles. The third-order valence-corrected chi connectivity index (χ3v) is 18.2. The van der Waals surface area contributed by atoms with Crippen molar-refractivity contribution in [3.05, 3.63) is 76.3 Å². The smallest absolute Gasteiger partial charge is 0.0948 e. The largest absolute Gasteiger partial charge is 0.355 e. The molecule has 2 aliphatic rings. The van der Waals surface area contributed by atoms with Gasteiger partial charge in [-0.25, -0.2) is 15.0 Å². The van der Waals surface area contributed by atoms with Crippen molar-refractivity contribution in [2.75, 3.05) is 0 Å². The highest BCUT2D eigenvalue weighted by Gasteiger charge is 2.19. The molecule has 0 spiro atoms. The van der Waals surface area contributed by atoms with E-state index in [1.165, 1.54) is 316 Å². The highest BCUT2D eigenvalue weighted by molar-refractivity contribution is 5.91. The molecular weight excluding hydrogens is 985 g/mol. The van der Waals surface area contributed by atoms with E-state index in [1.807, 2.05) is 12.5 Å². The molecular formula is C75H120N6. The van der Waals surface area contributed by atoms with E-state index in [0.29, 0.717) is 0 Å². The van der Waals surface area contributed by atoms with Crippen molar-refractivity contribution < 1.29 is 0 Å². The van der Waals surface area contributed by atoms with Gasteiger partial charge >= 0.3 is 0 Å². The topological polar surface area (TPSA) is 75.2 Å². The van der Waals surface area contributed by atoms with Gasteiger partial charge in [-0.15, -0.1) is 0 Å². The first-order valence-electron chi connectivity index (χ1n) is 35.2. The van der Waals surface area contributed by atoms with Gasteiger partial charge < -0.3 is 14.5 Å². The minimum absolute atomic E-state index is 0.984. The molecule has 4 aromatic rings. The summed E-state index contributed by atoms with van der Waals surface area (Å²) in [6, 6.07) is 9.36. The number of hydrogen-bond acceptors (Lipinski definition) is 3. The first-order chi connectivity index (χ1) is 40.1. The van der Waals surface area contributed by atoms with Crippen LogP contribution in [0.1, 0.15) is 349 Å². The lowest BCUT2D eigenvalue weighted by Gasteiger charge is -2.07. The highest BCUT2D eigenvalue weighted by Crippen LogP contribution is 2.34. The van der Waals surface area contributed by atoms with Crippen LogP contribution in [-0.2, 0) is 26.3 Å². The molecule has 2 aliphatic heterocycles. The lowest BCUT2D eigenvalue weighted by atomic mass is 10.0. The first-order valence-corrected chi connectivity index (χ1v) is 35.2. The Labute approximate surface area is 496 Å². The van der Waals surface area contributed by atoms with E-state index in [2.05, 4.69) is 95.9 Å². The molecule has 0 saturated heterocycles. The monoisotopic (exact) mass is 1100 g/mol. The van der Waals surface area contributed by atoms with E-state index in [4.69, 9.17) is 9.97 Å². The van der Waals surface area contributed by atoms with E-state index < -0.39 is 0 Å². The van der Waals surface area contributed by atoms with E-state index in [0.717, 1.165) is 65.2 Å². The van der Waals surface area contributed by atoms with Gasteiger partial charge in [0, 0.05) is 40.3 Å². The predicted octanol–water partition coefficient (Wildman–Crippen LogP) is 24.3. The van der Waals surface area contributed by atoms with Crippen molar-refractivity contribution in [3.63, 3.8) is 0 Å². The Kier molecular flexibility index (Phi) is 34.0. The van der Waals surface area contributed by atoms with Gasteiger partial charge in [-0.05, 0) is 92.7 Å². The molecule has 4 aromatic heterocycles. The zero-order chi connectivity index (χ0) is 56.6. The number of nitrogens with one attached hydrogen (secondary N) is 2. The fourth-order valence-corrected chi connectivity index (χ4v) is 13.1.